The van der Waals surface area contributed by atoms with Crippen molar-refractivity contribution >= 4 is 63.8 Å². The molecule has 0 saturated carbocycles. The normalized spacial score (nSPS) is 13.9. The standard InChI is InChI=1S/C27H21ClN2O7S2/c1-35-22-12-17(4-11-21(22)37-15-24(31)32)13-23-26(34)30(27(38)39-23)29-25(33)18-5-9-20(10-6-18)36-14-16-2-7-19(28)8-3-16/h2-13H,14-15H2,1H3,(H,29,33)(H,31,32)/b23-13+. The molecular weight excluding hydrogens is 564 g/mol. The number of benzene rings is 3. The van der Waals surface area contributed by atoms with Crippen molar-refractivity contribution < 1.29 is 33.7 Å². The number of carboxylic acid groups (broad SMARTS) is 1. The number of nitrogens with one attached hydrogen (secondary N) is 1. The van der Waals surface area contributed by atoms with Crippen LogP contribution in [0.2, 0.25) is 5.02 Å². The molecule has 1 aliphatic heterocycles. The predicted octanol–water partition coefficient (Wildman–Crippen LogP) is 4.94. The van der Waals surface area contributed by atoms with Gasteiger partial charge in [0.25, 0.3) is 11.8 Å². The lowest BCUT2D eigenvalue weighted by Crippen LogP contribution is -2.44. The SMILES string of the molecule is COc1cc(/C=C2/SC(=S)N(NC(=O)c3ccc(OCc4ccc(Cl)cc4)cc3)C2=O)ccc1OCC(=O)O. The number of thioether (sulfide) groups is 1. The van der Waals surface area contributed by atoms with Crippen molar-refractivity contribution in [3.63, 3.8) is 0 Å². The van der Waals surface area contributed by atoms with Crippen molar-refractivity contribution in [2.75, 3.05) is 13.7 Å². The number of nitrogens with zero attached hydrogens (tertiary/aromatic N) is 1. The minimum absolute atomic E-state index is 0.163. The lowest BCUT2D eigenvalue weighted by molar-refractivity contribution is -0.139. The summed E-state index contributed by atoms with van der Waals surface area (Å²) in [4.78, 5) is 36.8. The van der Waals surface area contributed by atoms with E-state index in [1.54, 1.807) is 60.7 Å². The summed E-state index contributed by atoms with van der Waals surface area (Å²) in [6.45, 7) is -0.178. The highest BCUT2D eigenvalue weighted by Crippen LogP contribution is 2.34. The number of thiocarbonyl (C=S) groups is 1. The quantitative estimate of drug-likeness (QED) is 0.253. The molecule has 200 valence electrons. The van der Waals surface area contributed by atoms with Gasteiger partial charge in [-0.2, -0.15) is 5.01 Å². The maximum absolute atomic E-state index is 13.0. The van der Waals surface area contributed by atoms with Crippen LogP contribution in [0.15, 0.2) is 71.6 Å². The van der Waals surface area contributed by atoms with E-state index in [2.05, 4.69) is 5.43 Å². The highest BCUT2D eigenvalue weighted by Gasteiger charge is 2.34. The molecule has 1 aliphatic rings. The van der Waals surface area contributed by atoms with Gasteiger partial charge in [0, 0.05) is 10.6 Å². The van der Waals surface area contributed by atoms with E-state index in [-0.39, 0.29) is 15.0 Å². The highest BCUT2D eigenvalue weighted by atomic mass is 35.5. The second-order valence-corrected chi connectivity index (χ2v) is 10.1. The number of methoxy groups -OCH3 is 1. The van der Waals surface area contributed by atoms with Crippen LogP contribution in [-0.2, 0) is 16.2 Å². The van der Waals surface area contributed by atoms with Crippen LogP contribution in [0.3, 0.4) is 0 Å². The summed E-state index contributed by atoms with van der Waals surface area (Å²) in [5.41, 5.74) is 4.40. The summed E-state index contributed by atoms with van der Waals surface area (Å²) in [7, 11) is 1.42. The van der Waals surface area contributed by atoms with Gasteiger partial charge in [-0.1, -0.05) is 41.6 Å². The Labute approximate surface area is 238 Å². The molecule has 1 fully saturated rings. The van der Waals surface area contributed by atoms with E-state index < -0.39 is 24.4 Å². The van der Waals surface area contributed by atoms with Gasteiger partial charge in [0.1, 0.15) is 12.4 Å². The summed E-state index contributed by atoms with van der Waals surface area (Å²) < 4.78 is 16.4. The third kappa shape index (κ3) is 7.29. The molecule has 0 unspecified atom stereocenters. The largest absolute Gasteiger partial charge is 0.493 e. The number of aliphatic carboxylic acids is 1. The molecule has 4 rings (SSSR count). The Morgan fingerprint density at radius 2 is 1.77 bits per heavy atom. The first-order chi connectivity index (χ1) is 18.7. The van der Waals surface area contributed by atoms with Crippen LogP contribution < -0.4 is 19.6 Å². The average molecular weight is 585 g/mol. The minimum Gasteiger partial charge on any atom is -0.493 e. The third-order valence-electron chi connectivity index (χ3n) is 5.28. The Kier molecular flexibility index (Phi) is 9.07. The van der Waals surface area contributed by atoms with Crippen molar-refractivity contribution in [3.05, 3.63) is 93.3 Å². The number of hydrogen-bond acceptors (Lipinski definition) is 8. The number of hydrazine groups is 1. The van der Waals surface area contributed by atoms with E-state index in [1.807, 2.05) is 12.1 Å². The molecule has 12 heteroatoms. The molecule has 0 spiro atoms. The van der Waals surface area contributed by atoms with Gasteiger partial charge in [-0.15, -0.1) is 0 Å². The number of carboxylic acids is 1. The molecule has 39 heavy (non-hydrogen) atoms. The molecule has 2 amide bonds. The van der Waals surface area contributed by atoms with Crippen molar-refractivity contribution in [1.82, 2.24) is 10.4 Å². The second kappa shape index (κ2) is 12.7. The van der Waals surface area contributed by atoms with Crippen molar-refractivity contribution in [3.8, 4) is 17.2 Å². The molecule has 1 heterocycles. The first kappa shape index (κ1) is 28.0. The Hall–Kier alpha value is -4.06. The van der Waals surface area contributed by atoms with Crippen LogP contribution in [0, 0.1) is 0 Å². The first-order valence-corrected chi connectivity index (χ1v) is 12.9. The molecule has 0 bridgehead atoms. The highest BCUT2D eigenvalue weighted by molar-refractivity contribution is 8.26. The van der Waals surface area contributed by atoms with Gasteiger partial charge in [0.2, 0.25) is 0 Å². The van der Waals surface area contributed by atoms with Gasteiger partial charge in [-0.05, 0) is 78.0 Å². The Morgan fingerprint density at radius 3 is 2.44 bits per heavy atom. The molecule has 2 N–H and O–H groups in total. The molecule has 0 aliphatic carbocycles. The monoisotopic (exact) mass is 584 g/mol. The number of ether oxygens (including phenoxy) is 3. The zero-order valence-electron chi connectivity index (χ0n) is 20.4. The van der Waals surface area contributed by atoms with Crippen LogP contribution >= 0.6 is 35.6 Å². The van der Waals surface area contributed by atoms with Gasteiger partial charge in [0.05, 0.1) is 12.0 Å². The fourth-order valence-electron chi connectivity index (χ4n) is 3.36. The molecule has 3 aromatic carbocycles. The average Bonchev–Trinajstić information content (AvgIpc) is 3.19. The van der Waals surface area contributed by atoms with Gasteiger partial charge in [-0.25, -0.2) is 4.79 Å². The van der Waals surface area contributed by atoms with Gasteiger partial charge in [0.15, 0.2) is 22.4 Å². The second-order valence-electron chi connectivity index (χ2n) is 7.99. The number of amides is 2. The van der Waals surface area contributed by atoms with Gasteiger partial charge >= 0.3 is 5.97 Å². The van der Waals surface area contributed by atoms with Crippen LogP contribution in [0.5, 0.6) is 17.2 Å². The van der Waals surface area contributed by atoms with Crippen molar-refractivity contribution in [1.29, 1.82) is 0 Å². The summed E-state index contributed by atoms with van der Waals surface area (Å²) in [6.07, 6.45) is 1.59. The molecule has 0 atom stereocenters. The number of carbonyl (C=O) groups is 3. The summed E-state index contributed by atoms with van der Waals surface area (Å²) >= 11 is 12.2. The van der Waals surface area contributed by atoms with Crippen LogP contribution in [0.25, 0.3) is 6.08 Å². The maximum Gasteiger partial charge on any atom is 0.341 e. The topological polar surface area (TPSA) is 114 Å². The fraction of sp³-hybridized carbons (Fsp3) is 0.111. The summed E-state index contributed by atoms with van der Waals surface area (Å²) in [5, 5.41) is 10.5. The molecule has 1 saturated heterocycles. The van der Waals surface area contributed by atoms with E-state index in [0.29, 0.717) is 34.3 Å². The van der Waals surface area contributed by atoms with Crippen LogP contribution in [-0.4, -0.2) is 45.9 Å². The Morgan fingerprint density at radius 1 is 1.05 bits per heavy atom. The van der Waals surface area contributed by atoms with Crippen LogP contribution in [0.4, 0.5) is 0 Å². The zero-order valence-corrected chi connectivity index (χ0v) is 22.8. The first-order valence-electron chi connectivity index (χ1n) is 11.3. The van der Waals surface area contributed by atoms with Crippen molar-refractivity contribution in [2.24, 2.45) is 0 Å². The van der Waals surface area contributed by atoms with E-state index in [4.69, 9.17) is 43.1 Å². The van der Waals surface area contributed by atoms with Crippen LogP contribution in [0.1, 0.15) is 21.5 Å². The Bertz CT molecular complexity index is 1440. The summed E-state index contributed by atoms with van der Waals surface area (Å²) in [5.74, 6) is -1.01. The number of hydrogen-bond donors (Lipinski definition) is 2. The molecular formula is C27H21ClN2O7S2. The third-order valence-corrected chi connectivity index (χ3v) is 6.83. The molecule has 0 aromatic heterocycles. The lowest BCUT2D eigenvalue weighted by Gasteiger charge is -2.16. The van der Waals surface area contributed by atoms with Crippen molar-refractivity contribution in [2.45, 2.75) is 6.61 Å². The lowest BCUT2D eigenvalue weighted by atomic mass is 10.2. The fourth-order valence-corrected chi connectivity index (χ4v) is 4.67. The molecule has 9 nitrogen and oxygen atoms in total. The molecule has 3 aromatic rings. The van der Waals surface area contributed by atoms with Gasteiger partial charge in [-0.3, -0.25) is 15.0 Å². The minimum atomic E-state index is -1.12. The maximum atomic E-state index is 13.0. The smallest absolute Gasteiger partial charge is 0.341 e. The van der Waals surface area contributed by atoms with E-state index in [1.165, 1.54) is 7.11 Å². The van der Waals surface area contributed by atoms with E-state index in [9.17, 15) is 14.4 Å². The van der Waals surface area contributed by atoms with E-state index in [0.717, 1.165) is 22.3 Å². The predicted molar refractivity (Wildman–Crippen MR) is 151 cm³/mol. The van der Waals surface area contributed by atoms with E-state index >= 15 is 0 Å². The number of halogens is 1. The zero-order chi connectivity index (χ0) is 27.9. The number of rotatable bonds is 10. The number of carbonyl (C=O) groups excluding carboxylic acids is 2. The Balaban J connectivity index is 1.38. The summed E-state index contributed by atoms with van der Waals surface area (Å²) in [6, 6.07) is 18.6. The molecule has 0 radical (unpaired) electrons. The van der Waals surface area contributed by atoms with Gasteiger partial charge < -0.3 is 19.3 Å².